The van der Waals surface area contributed by atoms with Crippen molar-refractivity contribution in [2.45, 2.75) is 37.9 Å². The minimum Gasteiger partial charge on any atom is -0.301 e. The Morgan fingerprint density at radius 1 is 0.800 bits per heavy atom. The van der Waals surface area contributed by atoms with Gasteiger partial charge in [-0.3, -0.25) is 5.09 Å². The average Bonchev–Trinajstić information content (AvgIpc) is 2.63. The number of benzene rings is 2. The SMILES string of the molecule is P[C@@H](CN1CCCCCCC1)NP(c1ccccc1)c1ccccc1. The normalized spacial score (nSPS) is 17.8. The molecule has 1 saturated heterocycles. The Bertz CT molecular complexity index is 558. The summed E-state index contributed by atoms with van der Waals surface area (Å²) in [7, 11) is 2.52. The molecule has 25 heavy (non-hydrogen) atoms. The standard InChI is InChI=1S/C21H30N2P2/c24-21(18-23-16-10-2-1-3-11-17-23)22-25(19-12-6-4-7-13-19)20-14-8-5-9-15-20/h4-9,12-15,21-22H,1-3,10-11,16-18,24H2/t21-/m0/s1. The van der Waals surface area contributed by atoms with Crippen LogP contribution in [0.2, 0.25) is 0 Å². The molecule has 1 aliphatic heterocycles. The van der Waals surface area contributed by atoms with Crippen molar-refractivity contribution < 1.29 is 0 Å². The maximum Gasteiger partial charge on any atom is 0.0379 e. The summed E-state index contributed by atoms with van der Waals surface area (Å²) in [5.41, 5.74) is 0. The van der Waals surface area contributed by atoms with Gasteiger partial charge >= 0.3 is 0 Å². The Morgan fingerprint density at radius 2 is 1.28 bits per heavy atom. The predicted molar refractivity (Wildman–Crippen MR) is 115 cm³/mol. The quantitative estimate of drug-likeness (QED) is 0.769. The molecule has 0 aliphatic carbocycles. The summed E-state index contributed by atoms with van der Waals surface area (Å²) in [6, 6.07) is 21.8. The lowest BCUT2D eigenvalue weighted by atomic mass is 10.1. The fourth-order valence-corrected chi connectivity index (χ4v) is 6.13. The lowest BCUT2D eigenvalue weighted by molar-refractivity contribution is 0.246. The van der Waals surface area contributed by atoms with E-state index in [-0.39, 0.29) is 0 Å². The first-order valence-corrected chi connectivity index (χ1v) is 11.5. The fourth-order valence-electron chi connectivity index (χ4n) is 3.43. The van der Waals surface area contributed by atoms with E-state index in [0.717, 1.165) is 6.54 Å². The van der Waals surface area contributed by atoms with Crippen molar-refractivity contribution in [3.8, 4) is 0 Å². The third-order valence-electron chi connectivity index (χ3n) is 4.73. The van der Waals surface area contributed by atoms with Crippen LogP contribution in [0.4, 0.5) is 0 Å². The van der Waals surface area contributed by atoms with Gasteiger partial charge in [-0.25, -0.2) is 0 Å². The van der Waals surface area contributed by atoms with Crippen LogP contribution in [-0.4, -0.2) is 30.3 Å². The van der Waals surface area contributed by atoms with Crippen LogP contribution in [-0.2, 0) is 0 Å². The van der Waals surface area contributed by atoms with E-state index >= 15 is 0 Å². The van der Waals surface area contributed by atoms with Gasteiger partial charge in [0, 0.05) is 20.4 Å². The van der Waals surface area contributed by atoms with Crippen LogP contribution in [0.3, 0.4) is 0 Å². The summed E-state index contributed by atoms with van der Waals surface area (Å²) in [4.78, 5) is 2.65. The Labute approximate surface area is 156 Å². The highest BCUT2D eigenvalue weighted by atomic mass is 31.1. The number of nitrogens with one attached hydrogen (secondary N) is 1. The zero-order valence-electron chi connectivity index (χ0n) is 15.0. The van der Waals surface area contributed by atoms with Crippen molar-refractivity contribution >= 4 is 27.9 Å². The summed E-state index contributed by atoms with van der Waals surface area (Å²) in [5.74, 6) is 0.408. The second kappa shape index (κ2) is 10.4. The van der Waals surface area contributed by atoms with Crippen molar-refractivity contribution in [1.29, 1.82) is 0 Å². The van der Waals surface area contributed by atoms with Gasteiger partial charge in [-0.2, -0.15) is 0 Å². The van der Waals surface area contributed by atoms with E-state index in [9.17, 15) is 0 Å². The fraction of sp³-hybridized carbons (Fsp3) is 0.429. The Morgan fingerprint density at radius 3 is 1.80 bits per heavy atom. The third-order valence-corrected chi connectivity index (χ3v) is 7.60. The second-order valence-electron chi connectivity index (χ2n) is 6.81. The molecule has 4 heteroatoms. The number of rotatable bonds is 6. The minimum atomic E-state index is -0.527. The van der Waals surface area contributed by atoms with E-state index in [1.54, 1.807) is 0 Å². The maximum atomic E-state index is 3.92. The highest BCUT2D eigenvalue weighted by molar-refractivity contribution is 7.71. The second-order valence-corrected chi connectivity index (χ2v) is 9.58. The Kier molecular flexibility index (Phi) is 7.89. The summed E-state index contributed by atoms with van der Waals surface area (Å²) >= 11 is 0. The van der Waals surface area contributed by atoms with E-state index < -0.39 is 8.07 Å². The molecule has 0 amide bonds. The molecular formula is C21H30N2P2. The molecule has 0 bridgehead atoms. The zero-order valence-corrected chi connectivity index (χ0v) is 17.0. The topological polar surface area (TPSA) is 15.3 Å². The Balaban J connectivity index is 1.67. The molecule has 1 N–H and O–H groups in total. The molecule has 0 aromatic heterocycles. The van der Waals surface area contributed by atoms with Gasteiger partial charge in [0.15, 0.2) is 0 Å². The van der Waals surface area contributed by atoms with Crippen LogP contribution in [0.15, 0.2) is 60.7 Å². The summed E-state index contributed by atoms with van der Waals surface area (Å²) in [6.45, 7) is 3.62. The molecule has 134 valence electrons. The third kappa shape index (κ3) is 6.15. The number of nitrogens with zero attached hydrogens (tertiary/aromatic N) is 1. The van der Waals surface area contributed by atoms with E-state index in [1.165, 1.54) is 55.8 Å². The van der Waals surface area contributed by atoms with Crippen LogP contribution in [0.1, 0.15) is 32.1 Å². The van der Waals surface area contributed by atoms with Crippen molar-refractivity contribution in [2.24, 2.45) is 0 Å². The van der Waals surface area contributed by atoms with Crippen LogP contribution in [0.5, 0.6) is 0 Å². The van der Waals surface area contributed by atoms with Gasteiger partial charge in [0.25, 0.3) is 0 Å². The van der Waals surface area contributed by atoms with Crippen LogP contribution < -0.4 is 15.7 Å². The van der Waals surface area contributed by atoms with Crippen molar-refractivity contribution in [2.75, 3.05) is 19.6 Å². The molecule has 2 atom stereocenters. The molecular weight excluding hydrogens is 342 g/mol. The maximum absolute atomic E-state index is 3.92. The van der Waals surface area contributed by atoms with Crippen LogP contribution in [0.25, 0.3) is 0 Å². The van der Waals surface area contributed by atoms with E-state index in [0.29, 0.717) is 5.78 Å². The largest absolute Gasteiger partial charge is 0.301 e. The highest BCUT2D eigenvalue weighted by Crippen LogP contribution is 2.30. The molecule has 0 radical (unpaired) electrons. The van der Waals surface area contributed by atoms with Crippen LogP contribution >= 0.6 is 17.3 Å². The first-order chi connectivity index (χ1) is 12.3. The van der Waals surface area contributed by atoms with Crippen molar-refractivity contribution in [3.63, 3.8) is 0 Å². The Hall–Kier alpha value is -0.780. The summed E-state index contributed by atoms with van der Waals surface area (Å²) in [5, 5.41) is 6.70. The molecule has 1 heterocycles. The van der Waals surface area contributed by atoms with Gasteiger partial charge in [-0.1, -0.05) is 79.9 Å². The lowest BCUT2D eigenvalue weighted by Crippen LogP contribution is -2.39. The first kappa shape index (κ1) is 19.0. The van der Waals surface area contributed by atoms with E-state index in [2.05, 4.69) is 79.9 Å². The summed E-state index contributed by atoms with van der Waals surface area (Å²) in [6.07, 6.45) is 6.91. The van der Waals surface area contributed by atoms with E-state index in [1.807, 2.05) is 0 Å². The van der Waals surface area contributed by atoms with Gasteiger partial charge in [-0.15, -0.1) is 9.24 Å². The molecule has 1 unspecified atom stereocenters. The van der Waals surface area contributed by atoms with Gasteiger partial charge in [0.1, 0.15) is 0 Å². The molecule has 1 fully saturated rings. The van der Waals surface area contributed by atoms with Gasteiger partial charge in [0.05, 0.1) is 0 Å². The zero-order chi connectivity index (χ0) is 17.3. The lowest BCUT2D eigenvalue weighted by Gasteiger charge is -2.30. The molecule has 0 saturated carbocycles. The minimum absolute atomic E-state index is 0.408. The van der Waals surface area contributed by atoms with Gasteiger partial charge in [0.2, 0.25) is 0 Å². The van der Waals surface area contributed by atoms with Gasteiger partial charge in [-0.05, 0) is 36.5 Å². The first-order valence-electron chi connectivity index (χ1n) is 9.47. The summed E-state index contributed by atoms with van der Waals surface area (Å²) < 4.78 is 0. The molecule has 3 rings (SSSR count). The smallest absolute Gasteiger partial charge is 0.0379 e. The number of hydrogen-bond donors (Lipinski definition) is 1. The molecule has 2 aromatic rings. The molecule has 1 aliphatic rings. The van der Waals surface area contributed by atoms with E-state index in [4.69, 9.17) is 0 Å². The van der Waals surface area contributed by atoms with Crippen molar-refractivity contribution in [1.82, 2.24) is 9.99 Å². The molecule has 0 spiro atoms. The van der Waals surface area contributed by atoms with Crippen LogP contribution in [0, 0.1) is 0 Å². The van der Waals surface area contributed by atoms with Gasteiger partial charge < -0.3 is 4.90 Å². The molecule has 2 aromatic carbocycles. The highest BCUT2D eigenvalue weighted by Gasteiger charge is 2.18. The monoisotopic (exact) mass is 372 g/mol. The predicted octanol–water partition coefficient (Wildman–Crippen LogP) is 4.09. The van der Waals surface area contributed by atoms with Crippen molar-refractivity contribution in [3.05, 3.63) is 60.7 Å². The number of likely N-dealkylation sites (tertiary alicyclic amines) is 1. The average molecular weight is 372 g/mol. The molecule has 2 nitrogen and oxygen atoms in total. The number of hydrogen-bond acceptors (Lipinski definition) is 2.